The van der Waals surface area contributed by atoms with Crippen LogP contribution in [0, 0.1) is 5.82 Å². The first-order valence-electron chi connectivity index (χ1n) is 6.43. The van der Waals surface area contributed by atoms with Crippen LogP contribution in [0.5, 0.6) is 0 Å². The fourth-order valence-electron chi connectivity index (χ4n) is 2.42. The van der Waals surface area contributed by atoms with Crippen molar-refractivity contribution < 1.29 is 4.39 Å². The van der Waals surface area contributed by atoms with Gasteiger partial charge in [-0.1, -0.05) is 37.8 Å². The Hall–Kier alpha value is -0.410. The molecule has 1 N–H and O–H groups in total. The summed E-state index contributed by atoms with van der Waals surface area (Å²) in [5, 5.41) is 3.55. The third kappa shape index (κ3) is 3.78. The molecule has 1 saturated carbocycles. The summed E-state index contributed by atoms with van der Waals surface area (Å²) in [6.45, 7) is 0.753. The number of hydrogen-bond acceptors (Lipinski definition) is 1. The second-order valence-electron chi connectivity index (χ2n) is 4.78. The van der Waals surface area contributed by atoms with Crippen LogP contribution in [0.2, 0.25) is 0 Å². The van der Waals surface area contributed by atoms with E-state index in [1.165, 1.54) is 44.6 Å². The highest BCUT2D eigenvalue weighted by Crippen LogP contribution is 2.22. The molecule has 1 aromatic rings. The van der Waals surface area contributed by atoms with Crippen molar-refractivity contribution in [2.75, 3.05) is 0 Å². The molecule has 1 aromatic carbocycles. The molecule has 0 spiro atoms. The Balaban J connectivity index is 1.90. The van der Waals surface area contributed by atoms with Crippen LogP contribution in [0.15, 0.2) is 22.7 Å². The van der Waals surface area contributed by atoms with Crippen molar-refractivity contribution in [1.29, 1.82) is 0 Å². The van der Waals surface area contributed by atoms with Gasteiger partial charge in [-0.15, -0.1) is 0 Å². The Kier molecular flexibility index (Phi) is 4.99. The highest BCUT2D eigenvalue weighted by atomic mass is 79.9. The van der Waals surface area contributed by atoms with E-state index in [9.17, 15) is 4.39 Å². The molecule has 1 fully saturated rings. The maximum Gasteiger partial charge on any atom is 0.137 e. The Morgan fingerprint density at radius 1 is 1.18 bits per heavy atom. The zero-order valence-electron chi connectivity index (χ0n) is 10.0. The lowest BCUT2D eigenvalue weighted by Gasteiger charge is -2.16. The van der Waals surface area contributed by atoms with Crippen molar-refractivity contribution in [3.63, 3.8) is 0 Å². The van der Waals surface area contributed by atoms with Gasteiger partial charge in [-0.25, -0.2) is 4.39 Å². The molecule has 0 amide bonds. The molecule has 17 heavy (non-hydrogen) atoms. The minimum atomic E-state index is -0.176. The van der Waals surface area contributed by atoms with Crippen molar-refractivity contribution in [2.45, 2.75) is 51.1 Å². The Morgan fingerprint density at radius 2 is 1.88 bits per heavy atom. The van der Waals surface area contributed by atoms with Gasteiger partial charge < -0.3 is 5.32 Å². The summed E-state index contributed by atoms with van der Waals surface area (Å²) in [6, 6.07) is 5.83. The zero-order valence-corrected chi connectivity index (χ0v) is 11.6. The van der Waals surface area contributed by atoms with Gasteiger partial charge in [0.15, 0.2) is 0 Å². The fraction of sp³-hybridized carbons (Fsp3) is 0.571. The summed E-state index contributed by atoms with van der Waals surface area (Å²) in [6.07, 6.45) is 7.88. The summed E-state index contributed by atoms with van der Waals surface area (Å²) in [5.74, 6) is -0.176. The molecule has 1 aliphatic rings. The van der Waals surface area contributed by atoms with E-state index in [-0.39, 0.29) is 5.82 Å². The minimum absolute atomic E-state index is 0.176. The first-order valence-corrected chi connectivity index (χ1v) is 7.23. The monoisotopic (exact) mass is 299 g/mol. The van der Waals surface area contributed by atoms with Crippen LogP contribution in [-0.2, 0) is 6.54 Å². The van der Waals surface area contributed by atoms with E-state index in [0.29, 0.717) is 10.5 Å². The third-order valence-corrected chi connectivity index (χ3v) is 4.36. The van der Waals surface area contributed by atoms with Crippen LogP contribution in [0.4, 0.5) is 4.39 Å². The van der Waals surface area contributed by atoms with Crippen LogP contribution in [0.1, 0.15) is 44.1 Å². The van der Waals surface area contributed by atoms with E-state index in [4.69, 9.17) is 0 Å². The normalized spacial score (nSPS) is 18.0. The predicted octanol–water partition coefficient (Wildman–Crippen LogP) is 4.40. The maximum atomic E-state index is 13.3. The van der Waals surface area contributed by atoms with E-state index >= 15 is 0 Å². The highest BCUT2D eigenvalue weighted by Gasteiger charge is 2.12. The lowest BCUT2D eigenvalue weighted by Crippen LogP contribution is -2.28. The Bertz CT molecular complexity index is 359. The van der Waals surface area contributed by atoms with Crippen LogP contribution in [0.25, 0.3) is 0 Å². The lowest BCUT2D eigenvalue weighted by atomic mass is 10.1. The largest absolute Gasteiger partial charge is 0.310 e. The van der Waals surface area contributed by atoms with Gasteiger partial charge >= 0.3 is 0 Å². The summed E-state index contributed by atoms with van der Waals surface area (Å²) in [4.78, 5) is 0. The first-order chi connectivity index (χ1) is 8.27. The van der Waals surface area contributed by atoms with Crippen molar-refractivity contribution in [3.8, 4) is 0 Å². The second kappa shape index (κ2) is 6.50. The van der Waals surface area contributed by atoms with Gasteiger partial charge in [0.1, 0.15) is 5.82 Å². The van der Waals surface area contributed by atoms with Gasteiger partial charge in [-0.2, -0.15) is 0 Å². The molecule has 0 heterocycles. The summed E-state index contributed by atoms with van der Waals surface area (Å²) in [7, 11) is 0. The van der Waals surface area contributed by atoms with Gasteiger partial charge in [-0.05, 0) is 40.4 Å². The summed E-state index contributed by atoms with van der Waals surface area (Å²) < 4.78 is 13.9. The van der Waals surface area contributed by atoms with Gasteiger partial charge in [0.25, 0.3) is 0 Å². The quantitative estimate of drug-likeness (QED) is 0.816. The van der Waals surface area contributed by atoms with E-state index in [0.717, 1.165) is 12.1 Å². The number of rotatable bonds is 3. The smallest absolute Gasteiger partial charge is 0.137 e. The molecule has 0 atom stereocenters. The van der Waals surface area contributed by atoms with Crippen molar-refractivity contribution in [3.05, 3.63) is 34.1 Å². The molecule has 0 aromatic heterocycles. The number of hydrogen-bond donors (Lipinski definition) is 1. The molecule has 0 radical (unpaired) electrons. The predicted molar refractivity (Wildman–Crippen MR) is 72.4 cm³/mol. The van der Waals surface area contributed by atoms with Crippen molar-refractivity contribution in [2.24, 2.45) is 0 Å². The molecular formula is C14H19BrFN. The lowest BCUT2D eigenvalue weighted by molar-refractivity contribution is 0.458. The topological polar surface area (TPSA) is 12.0 Å². The number of nitrogens with one attached hydrogen (secondary N) is 1. The van der Waals surface area contributed by atoms with Crippen molar-refractivity contribution >= 4 is 15.9 Å². The van der Waals surface area contributed by atoms with E-state index < -0.39 is 0 Å². The van der Waals surface area contributed by atoms with Crippen LogP contribution in [-0.4, -0.2) is 6.04 Å². The molecule has 3 heteroatoms. The van der Waals surface area contributed by atoms with Gasteiger partial charge in [0.05, 0.1) is 4.47 Å². The standard InChI is InChI=1S/C14H19BrFN/c15-14-11(6-5-9-13(14)16)10-17-12-7-3-1-2-4-8-12/h5-6,9,12,17H,1-4,7-8,10H2. The maximum absolute atomic E-state index is 13.3. The number of benzene rings is 1. The first kappa shape index (κ1) is 13.0. The molecule has 0 saturated heterocycles. The van der Waals surface area contributed by atoms with Crippen LogP contribution < -0.4 is 5.32 Å². The van der Waals surface area contributed by atoms with Gasteiger partial charge in [0.2, 0.25) is 0 Å². The van der Waals surface area contributed by atoms with E-state index in [1.807, 2.05) is 6.07 Å². The van der Waals surface area contributed by atoms with Crippen LogP contribution >= 0.6 is 15.9 Å². The number of halogens is 2. The zero-order chi connectivity index (χ0) is 12.1. The summed E-state index contributed by atoms with van der Waals surface area (Å²) in [5.41, 5.74) is 1.01. The van der Waals surface area contributed by atoms with E-state index in [2.05, 4.69) is 21.2 Å². The third-order valence-electron chi connectivity index (χ3n) is 3.47. The average molecular weight is 300 g/mol. The molecule has 0 bridgehead atoms. The highest BCUT2D eigenvalue weighted by molar-refractivity contribution is 9.10. The Labute approximate surface area is 111 Å². The molecule has 2 rings (SSSR count). The fourth-order valence-corrected chi connectivity index (χ4v) is 2.83. The van der Waals surface area contributed by atoms with Crippen LogP contribution in [0.3, 0.4) is 0 Å². The minimum Gasteiger partial charge on any atom is -0.310 e. The molecule has 0 aliphatic heterocycles. The molecule has 0 unspecified atom stereocenters. The Morgan fingerprint density at radius 3 is 2.59 bits per heavy atom. The summed E-state index contributed by atoms with van der Waals surface area (Å²) >= 11 is 3.31. The van der Waals surface area contributed by atoms with E-state index in [1.54, 1.807) is 6.07 Å². The van der Waals surface area contributed by atoms with Gasteiger partial charge in [0, 0.05) is 12.6 Å². The molecular weight excluding hydrogens is 281 g/mol. The molecule has 94 valence electrons. The molecule has 1 nitrogen and oxygen atoms in total. The van der Waals surface area contributed by atoms with Crippen molar-refractivity contribution in [1.82, 2.24) is 5.32 Å². The SMILES string of the molecule is Fc1cccc(CNC2CCCCCC2)c1Br. The van der Waals surface area contributed by atoms with Gasteiger partial charge in [-0.3, -0.25) is 0 Å². The second-order valence-corrected chi connectivity index (χ2v) is 5.58. The molecule has 1 aliphatic carbocycles. The average Bonchev–Trinajstić information content (AvgIpc) is 2.59.